The third kappa shape index (κ3) is 2.21. The Morgan fingerprint density at radius 2 is 2.12 bits per heavy atom. The Balaban J connectivity index is 2.17. The second-order valence-corrected chi connectivity index (χ2v) is 4.17. The van der Waals surface area contributed by atoms with Crippen LogP contribution in [0.15, 0.2) is 4.52 Å². The number of nitrogens with two attached hydrogens (primary N) is 1. The van der Waals surface area contributed by atoms with Gasteiger partial charge in [0.2, 0.25) is 5.89 Å². The molecule has 1 aromatic rings. The van der Waals surface area contributed by atoms with Crippen molar-refractivity contribution in [3.05, 3.63) is 11.7 Å². The molecule has 1 heterocycles. The highest BCUT2D eigenvalue weighted by Crippen LogP contribution is 2.29. The molecule has 0 aromatic carbocycles. The molecule has 88 valence electrons. The molecule has 0 amide bonds. The highest BCUT2D eigenvalue weighted by atomic mass is 16.5. The van der Waals surface area contributed by atoms with E-state index >= 15 is 0 Å². The summed E-state index contributed by atoms with van der Waals surface area (Å²) in [6.07, 6.45) is 5.16. The van der Waals surface area contributed by atoms with E-state index in [1.807, 2.05) is 0 Å². The number of rotatable bonds is 2. The van der Waals surface area contributed by atoms with Crippen molar-refractivity contribution in [1.29, 1.82) is 0 Å². The van der Waals surface area contributed by atoms with Gasteiger partial charge in [-0.1, -0.05) is 19.3 Å². The summed E-state index contributed by atoms with van der Waals surface area (Å²) in [5.41, 5.74) is 6.02. The molecule has 6 heteroatoms. The monoisotopic (exact) mass is 225 g/mol. The molecule has 0 saturated heterocycles. The fourth-order valence-corrected chi connectivity index (χ4v) is 2.12. The van der Waals surface area contributed by atoms with Gasteiger partial charge in [-0.3, -0.25) is 0 Å². The van der Waals surface area contributed by atoms with Crippen LogP contribution in [0, 0.1) is 0 Å². The van der Waals surface area contributed by atoms with Crippen LogP contribution in [0.25, 0.3) is 0 Å². The maximum Gasteiger partial charge on any atom is 0.377 e. The van der Waals surface area contributed by atoms with Gasteiger partial charge in [-0.15, -0.1) is 0 Å². The molecular weight excluding hydrogens is 210 g/mol. The van der Waals surface area contributed by atoms with Gasteiger partial charge in [0.1, 0.15) is 0 Å². The molecule has 1 aliphatic rings. The van der Waals surface area contributed by atoms with Crippen molar-refractivity contribution in [2.75, 3.05) is 0 Å². The first-order valence-electron chi connectivity index (χ1n) is 5.51. The number of nitrogens with zero attached hydrogens (tertiary/aromatic N) is 2. The predicted molar refractivity (Wildman–Crippen MR) is 55.1 cm³/mol. The number of aromatic carboxylic acids is 1. The van der Waals surface area contributed by atoms with Gasteiger partial charge >= 0.3 is 5.97 Å². The first kappa shape index (κ1) is 11.1. The lowest BCUT2D eigenvalue weighted by molar-refractivity contribution is 0.0680. The topological polar surface area (TPSA) is 102 Å². The van der Waals surface area contributed by atoms with Crippen molar-refractivity contribution in [2.45, 2.75) is 44.1 Å². The van der Waals surface area contributed by atoms with E-state index in [2.05, 4.69) is 10.1 Å². The van der Waals surface area contributed by atoms with Crippen molar-refractivity contribution >= 4 is 5.97 Å². The minimum atomic E-state index is -1.17. The minimum Gasteiger partial charge on any atom is -0.475 e. The van der Waals surface area contributed by atoms with E-state index in [4.69, 9.17) is 15.4 Å². The van der Waals surface area contributed by atoms with Crippen LogP contribution < -0.4 is 5.73 Å². The van der Waals surface area contributed by atoms with Gasteiger partial charge in [0.25, 0.3) is 5.82 Å². The molecule has 3 N–H and O–H groups in total. The van der Waals surface area contributed by atoms with Crippen molar-refractivity contribution < 1.29 is 14.4 Å². The van der Waals surface area contributed by atoms with E-state index in [1.165, 1.54) is 0 Å². The normalized spacial score (nSPS) is 26.3. The van der Waals surface area contributed by atoms with Crippen LogP contribution in [0.3, 0.4) is 0 Å². The maximum absolute atomic E-state index is 10.6. The van der Waals surface area contributed by atoms with Crippen LogP contribution in [0.1, 0.15) is 54.5 Å². The summed E-state index contributed by atoms with van der Waals surface area (Å²) >= 11 is 0. The Hall–Kier alpha value is -1.43. The average molecular weight is 225 g/mol. The molecule has 1 fully saturated rings. The largest absolute Gasteiger partial charge is 0.475 e. The summed E-state index contributed by atoms with van der Waals surface area (Å²) in [5.74, 6) is -1.08. The highest BCUT2D eigenvalue weighted by molar-refractivity contribution is 5.82. The Kier molecular flexibility index (Phi) is 3.19. The molecule has 1 aliphatic carbocycles. The van der Waals surface area contributed by atoms with Crippen LogP contribution in [0.5, 0.6) is 0 Å². The van der Waals surface area contributed by atoms with E-state index in [1.54, 1.807) is 0 Å². The number of hydrogen-bond donors (Lipinski definition) is 2. The van der Waals surface area contributed by atoms with Crippen LogP contribution in [-0.4, -0.2) is 27.3 Å². The predicted octanol–water partition coefficient (Wildman–Crippen LogP) is 1.14. The van der Waals surface area contributed by atoms with Gasteiger partial charge in [0.05, 0.1) is 5.92 Å². The zero-order valence-corrected chi connectivity index (χ0v) is 8.93. The number of hydrogen-bond acceptors (Lipinski definition) is 5. The third-order valence-electron chi connectivity index (χ3n) is 3.02. The zero-order valence-electron chi connectivity index (χ0n) is 8.93. The van der Waals surface area contributed by atoms with E-state index in [-0.39, 0.29) is 17.8 Å². The molecule has 0 bridgehead atoms. The van der Waals surface area contributed by atoms with Crippen molar-refractivity contribution in [3.8, 4) is 0 Å². The first-order chi connectivity index (χ1) is 7.68. The lowest BCUT2D eigenvalue weighted by Crippen LogP contribution is -2.27. The van der Waals surface area contributed by atoms with Gasteiger partial charge < -0.3 is 15.4 Å². The molecule has 0 aliphatic heterocycles. The SMILES string of the molecule is NC1CCCCCC1c1nc(C(=O)O)no1. The summed E-state index contributed by atoms with van der Waals surface area (Å²) in [6, 6.07) is -0.00963. The van der Waals surface area contributed by atoms with Gasteiger partial charge in [-0.2, -0.15) is 4.98 Å². The van der Waals surface area contributed by atoms with E-state index in [0.29, 0.717) is 5.89 Å². The quantitative estimate of drug-likeness (QED) is 0.732. The fourth-order valence-electron chi connectivity index (χ4n) is 2.12. The minimum absolute atomic E-state index is 0.00287. The van der Waals surface area contributed by atoms with E-state index < -0.39 is 5.97 Å². The average Bonchev–Trinajstić information content (AvgIpc) is 2.63. The van der Waals surface area contributed by atoms with Gasteiger partial charge in [0, 0.05) is 6.04 Å². The number of carbonyl (C=O) groups is 1. The molecule has 6 nitrogen and oxygen atoms in total. The van der Waals surface area contributed by atoms with Crippen LogP contribution in [-0.2, 0) is 0 Å². The second-order valence-electron chi connectivity index (χ2n) is 4.17. The van der Waals surface area contributed by atoms with Crippen LogP contribution in [0.4, 0.5) is 0 Å². The summed E-state index contributed by atoms with van der Waals surface area (Å²) < 4.78 is 4.97. The summed E-state index contributed by atoms with van der Waals surface area (Å²) in [4.78, 5) is 14.5. The molecule has 2 unspecified atom stereocenters. The summed E-state index contributed by atoms with van der Waals surface area (Å²) in [6.45, 7) is 0. The smallest absolute Gasteiger partial charge is 0.377 e. The van der Waals surface area contributed by atoms with Crippen molar-refractivity contribution in [1.82, 2.24) is 10.1 Å². The molecule has 0 radical (unpaired) electrons. The van der Waals surface area contributed by atoms with E-state index in [9.17, 15) is 4.79 Å². The maximum atomic E-state index is 10.6. The van der Waals surface area contributed by atoms with E-state index in [0.717, 1.165) is 32.1 Å². The Morgan fingerprint density at radius 3 is 2.81 bits per heavy atom. The Morgan fingerprint density at radius 1 is 1.38 bits per heavy atom. The first-order valence-corrected chi connectivity index (χ1v) is 5.51. The standard InChI is InChI=1S/C10H15N3O3/c11-7-5-3-1-2-4-6(7)9-12-8(10(14)15)13-16-9/h6-7H,1-5,11H2,(H,14,15). The lowest BCUT2D eigenvalue weighted by atomic mass is 9.95. The molecule has 2 atom stereocenters. The summed E-state index contributed by atoms with van der Waals surface area (Å²) in [5, 5.41) is 12.1. The van der Waals surface area contributed by atoms with Crippen LogP contribution >= 0.6 is 0 Å². The zero-order chi connectivity index (χ0) is 11.5. The van der Waals surface area contributed by atoms with Crippen LogP contribution in [0.2, 0.25) is 0 Å². The molecule has 0 spiro atoms. The molecule has 16 heavy (non-hydrogen) atoms. The molecular formula is C10H15N3O3. The number of aromatic nitrogens is 2. The van der Waals surface area contributed by atoms with Crippen molar-refractivity contribution in [2.24, 2.45) is 5.73 Å². The fraction of sp³-hybridized carbons (Fsp3) is 0.700. The lowest BCUT2D eigenvalue weighted by Gasteiger charge is -2.16. The van der Waals surface area contributed by atoms with Gasteiger partial charge in [-0.25, -0.2) is 4.79 Å². The Bertz CT molecular complexity index is 377. The number of carboxylic acid groups (broad SMARTS) is 1. The molecule has 1 aromatic heterocycles. The molecule has 1 saturated carbocycles. The second kappa shape index (κ2) is 4.61. The van der Waals surface area contributed by atoms with Gasteiger partial charge in [0.15, 0.2) is 0 Å². The highest BCUT2D eigenvalue weighted by Gasteiger charge is 2.28. The Labute approximate surface area is 92.8 Å². The third-order valence-corrected chi connectivity index (χ3v) is 3.02. The molecule has 2 rings (SSSR count). The van der Waals surface area contributed by atoms with Crippen molar-refractivity contribution in [3.63, 3.8) is 0 Å². The summed E-state index contributed by atoms with van der Waals surface area (Å²) in [7, 11) is 0. The number of carboxylic acids is 1. The van der Waals surface area contributed by atoms with Gasteiger partial charge in [-0.05, 0) is 18.0 Å².